The average molecular weight is 399 g/mol. The quantitative estimate of drug-likeness (QED) is 0.562. The Labute approximate surface area is 157 Å². The second-order valence-corrected chi connectivity index (χ2v) is 9.43. The van der Waals surface area contributed by atoms with Gasteiger partial charge < -0.3 is 0 Å². The number of nitrogens with zero attached hydrogens (tertiary/aromatic N) is 2. The van der Waals surface area contributed by atoms with Crippen LogP contribution < -0.4 is 0 Å². The lowest BCUT2D eigenvalue weighted by Gasteiger charge is -2.12. The Hall–Kier alpha value is -1.01. The highest BCUT2D eigenvalue weighted by molar-refractivity contribution is 7.84. The summed E-state index contributed by atoms with van der Waals surface area (Å²) in [6, 6.07) is 7.42. The molecule has 2 aromatic heterocycles. The fourth-order valence-corrected chi connectivity index (χ4v) is 5.15. The summed E-state index contributed by atoms with van der Waals surface area (Å²) in [6.07, 6.45) is 0. The maximum Gasteiger partial charge on any atom is 0.150 e. The van der Waals surface area contributed by atoms with Crippen LogP contribution in [0.15, 0.2) is 29.3 Å². The smallest absolute Gasteiger partial charge is 0.150 e. The van der Waals surface area contributed by atoms with Crippen LogP contribution in [-0.4, -0.2) is 14.2 Å². The maximum atomic E-state index is 12.9. The minimum Gasteiger partial charge on any atom is -0.252 e. The van der Waals surface area contributed by atoms with Crippen LogP contribution in [0.2, 0.25) is 9.36 Å². The van der Waals surface area contributed by atoms with Crippen LogP contribution in [0.3, 0.4) is 0 Å². The van der Waals surface area contributed by atoms with E-state index >= 15 is 0 Å². The number of aryl methyl sites for hydroxylation is 1. The van der Waals surface area contributed by atoms with Crippen molar-refractivity contribution in [3.63, 3.8) is 0 Å². The molecule has 0 saturated carbocycles. The molecule has 0 aliphatic carbocycles. The zero-order chi connectivity index (χ0) is 17.4. The zero-order valence-corrected chi connectivity index (χ0v) is 16.6. The molecule has 24 heavy (non-hydrogen) atoms. The first-order chi connectivity index (χ1) is 11.3. The van der Waals surface area contributed by atoms with Gasteiger partial charge in [-0.3, -0.25) is 4.21 Å². The first-order valence-electron chi connectivity index (χ1n) is 7.45. The number of hydrogen-bond acceptors (Lipinski definition) is 4. The monoisotopic (exact) mass is 398 g/mol. The van der Waals surface area contributed by atoms with E-state index in [1.54, 1.807) is 6.07 Å². The normalized spacial score (nSPS) is 12.9. The van der Waals surface area contributed by atoms with E-state index < -0.39 is 10.8 Å². The average Bonchev–Trinajstić information content (AvgIpc) is 2.92. The van der Waals surface area contributed by atoms with Crippen molar-refractivity contribution in [3.05, 3.63) is 49.8 Å². The van der Waals surface area contributed by atoms with E-state index in [4.69, 9.17) is 28.2 Å². The van der Waals surface area contributed by atoms with Gasteiger partial charge in [0.25, 0.3) is 0 Å². The minimum absolute atomic E-state index is 0.128. The molecule has 3 nitrogen and oxygen atoms in total. The standard InChI is InChI=1S/C17H16Cl2N2OS2/c1-9(2)16-17(24(22)8-11-4-5-15(19)23-11)21-14-7-12(18)10(3)6-13(14)20-16/h4-7,9H,8H2,1-3H3. The molecule has 7 heteroatoms. The zero-order valence-electron chi connectivity index (χ0n) is 13.5. The van der Waals surface area contributed by atoms with E-state index in [-0.39, 0.29) is 5.92 Å². The van der Waals surface area contributed by atoms with Crippen molar-refractivity contribution in [2.75, 3.05) is 0 Å². The van der Waals surface area contributed by atoms with Gasteiger partial charge in [0, 0.05) is 9.90 Å². The van der Waals surface area contributed by atoms with Gasteiger partial charge in [0.2, 0.25) is 0 Å². The number of rotatable bonds is 4. The van der Waals surface area contributed by atoms with Gasteiger partial charge in [-0.25, -0.2) is 9.97 Å². The number of fused-ring (bicyclic) bond motifs is 1. The summed E-state index contributed by atoms with van der Waals surface area (Å²) < 4.78 is 13.6. The number of aromatic nitrogens is 2. The number of thiophene rings is 1. The van der Waals surface area contributed by atoms with Crippen LogP contribution >= 0.6 is 34.5 Å². The van der Waals surface area contributed by atoms with Crippen LogP contribution in [-0.2, 0) is 16.6 Å². The van der Waals surface area contributed by atoms with Crippen molar-refractivity contribution in [2.24, 2.45) is 0 Å². The molecular weight excluding hydrogens is 383 g/mol. The van der Waals surface area contributed by atoms with Crippen molar-refractivity contribution in [2.45, 2.75) is 37.5 Å². The molecule has 0 spiro atoms. The largest absolute Gasteiger partial charge is 0.252 e. The Morgan fingerprint density at radius 1 is 1.17 bits per heavy atom. The number of benzene rings is 1. The Morgan fingerprint density at radius 3 is 2.50 bits per heavy atom. The summed E-state index contributed by atoms with van der Waals surface area (Å²) in [5.74, 6) is 0.514. The molecule has 1 aromatic carbocycles. The molecule has 0 bridgehead atoms. The molecule has 0 fully saturated rings. The minimum atomic E-state index is -1.29. The summed E-state index contributed by atoms with van der Waals surface area (Å²) >= 11 is 13.6. The molecule has 0 N–H and O–H groups in total. The Kier molecular flexibility index (Phi) is 5.25. The third-order valence-electron chi connectivity index (χ3n) is 3.60. The van der Waals surface area contributed by atoms with Crippen molar-refractivity contribution in [3.8, 4) is 0 Å². The fourth-order valence-electron chi connectivity index (χ4n) is 2.35. The summed E-state index contributed by atoms with van der Waals surface area (Å²) in [5.41, 5.74) is 3.17. The molecule has 3 aromatic rings. The van der Waals surface area contributed by atoms with Crippen LogP contribution in [0.25, 0.3) is 11.0 Å². The van der Waals surface area contributed by atoms with Crippen LogP contribution in [0.4, 0.5) is 0 Å². The summed E-state index contributed by atoms with van der Waals surface area (Å²) in [4.78, 5) is 10.3. The highest BCUT2D eigenvalue weighted by atomic mass is 35.5. The second-order valence-electron chi connectivity index (χ2n) is 5.85. The molecule has 1 atom stereocenters. The number of halogens is 2. The Balaban J connectivity index is 2.08. The van der Waals surface area contributed by atoms with Gasteiger partial charge in [-0.1, -0.05) is 37.0 Å². The van der Waals surface area contributed by atoms with Gasteiger partial charge in [-0.15, -0.1) is 11.3 Å². The molecule has 126 valence electrons. The van der Waals surface area contributed by atoms with Gasteiger partial charge in [0.05, 0.1) is 37.6 Å². The van der Waals surface area contributed by atoms with E-state index in [9.17, 15) is 4.21 Å². The first kappa shape index (κ1) is 17.8. The van der Waals surface area contributed by atoms with E-state index in [1.165, 1.54) is 11.3 Å². The molecule has 3 rings (SSSR count). The fraction of sp³-hybridized carbons (Fsp3) is 0.294. The highest BCUT2D eigenvalue weighted by Gasteiger charge is 2.19. The van der Waals surface area contributed by atoms with Gasteiger partial charge in [0.15, 0.2) is 0 Å². The maximum absolute atomic E-state index is 12.9. The Bertz CT molecular complexity index is 938. The van der Waals surface area contributed by atoms with E-state index in [0.717, 1.165) is 21.7 Å². The van der Waals surface area contributed by atoms with Gasteiger partial charge in [-0.2, -0.15) is 0 Å². The van der Waals surface area contributed by atoms with Crippen LogP contribution in [0, 0.1) is 6.92 Å². The summed E-state index contributed by atoms with van der Waals surface area (Å²) in [6.45, 7) is 5.99. The highest BCUT2D eigenvalue weighted by Crippen LogP contribution is 2.29. The lowest BCUT2D eigenvalue weighted by atomic mass is 10.1. The van der Waals surface area contributed by atoms with Crippen molar-refractivity contribution in [1.82, 2.24) is 9.97 Å². The van der Waals surface area contributed by atoms with Crippen LogP contribution in [0.5, 0.6) is 0 Å². The topological polar surface area (TPSA) is 42.9 Å². The van der Waals surface area contributed by atoms with Gasteiger partial charge in [-0.05, 0) is 42.7 Å². The van der Waals surface area contributed by atoms with Crippen LogP contribution in [0.1, 0.15) is 35.9 Å². The Morgan fingerprint density at radius 2 is 1.88 bits per heavy atom. The molecule has 0 radical (unpaired) electrons. The van der Waals surface area contributed by atoms with E-state index in [2.05, 4.69) is 4.98 Å². The molecular formula is C17H16Cl2N2OS2. The predicted molar refractivity (Wildman–Crippen MR) is 103 cm³/mol. The molecule has 0 amide bonds. The third-order valence-corrected chi connectivity index (χ3v) is 6.73. The first-order valence-corrected chi connectivity index (χ1v) is 10.3. The lowest BCUT2D eigenvalue weighted by Crippen LogP contribution is -2.08. The summed E-state index contributed by atoms with van der Waals surface area (Å²) in [5, 5.41) is 1.16. The van der Waals surface area contributed by atoms with Crippen molar-refractivity contribution < 1.29 is 4.21 Å². The van der Waals surface area contributed by atoms with E-state index in [1.807, 2.05) is 39.0 Å². The molecule has 1 unspecified atom stereocenters. The second kappa shape index (κ2) is 7.08. The van der Waals surface area contributed by atoms with E-state index in [0.29, 0.717) is 25.7 Å². The number of hydrogen-bond donors (Lipinski definition) is 0. The predicted octanol–water partition coefficient (Wildman–Crippen LogP) is 5.74. The summed E-state index contributed by atoms with van der Waals surface area (Å²) in [7, 11) is -1.29. The SMILES string of the molecule is Cc1cc2nc(C(C)C)c(S(=O)Cc3ccc(Cl)s3)nc2cc1Cl. The molecule has 0 aliphatic heterocycles. The van der Waals surface area contributed by atoms with Gasteiger partial charge >= 0.3 is 0 Å². The van der Waals surface area contributed by atoms with Gasteiger partial charge in [0.1, 0.15) is 5.03 Å². The lowest BCUT2D eigenvalue weighted by molar-refractivity contribution is 0.674. The van der Waals surface area contributed by atoms with Crippen molar-refractivity contribution >= 4 is 56.4 Å². The molecule has 2 heterocycles. The van der Waals surface area contributed by atoms with Crippen molar-refractivity contribution in [1.29, 1.82) is 0 Å². The third kappa shape index (κ3) is 3.64. The molecule has 0 aliphatic rings. The molecule has 0 saturated heterocycles.